The topological polar surface area (TPSA) is 37.6 Å². The fourth-order valence-electron chi connectivity index (χ4n) is 2.87. The Balaban J connectivity index is 0.00000176. The van der Waals surface area contributed by atoms with Crippen LogP contribution in [0.2, 0.25) is 0 Å². The molecule has 1 fully saturated rings. The summed E-state index contributed by atoms with van der Waals surface area (Å²) in [5, 5.41) is 3.33. The van der Waals surface area contributed by atoms with Gasteiger partial charge >= 0.3 is 0 Å². The summed E-state index contributed by atoms with van der Waals surface area (Å²) >= 11 is 0. The van der Waals surface area contributed by atoms with Crippen molar-refractivity contribution in [1.82, 2.24) is 10.2 Å². The number of nitrogens with one attached hydrogen (secondary N) is 1. The average Bonchev–Trinajstić information content (AvgIpc) is 3.03. The molecule has 120 valence electrons. The Morgan fingerprint density at radius 3 is 2.64 bits per heavy atom. The van der Waals surface area contributed by atoms with Crippen molar-refractivity contribution in [2.75, 3.05) is 33.3 Å². The Kier molecular flexibility index (Phi) is 5.83. The largest absolute Gasteiger partial charge is 0.493 e. The SMILES string of the molecule is COc1c(F)cccc1[C@H](c1ccco1)N1CCNCC1.Cl. The molecule has 1 N–H and O–H groups in total. The summed E-state index contributed by atoms with van der Waals surface area (Å²) in [7, 11) is 1.50. The van der Waals surface area contributed by atoms with Crippen molar-refractivity contribution in [1.29, 1.82) is 0 Å². The summed E-state index contributed by atoms with van der Waals surface area (Å²) in [6, 6.07) is 8.68. The van der Waals surface area contributed by atoms with Crippen LogP contribution in [-0.4, -0.2) is 38.2 Å². The van der Waals surface area contributed by atoms with Gasteiger partial charge in [0.2, 0.25) is 0 Å². The predicted octanol–water partition coefficient (Wildman–Crippen LogP) is 2.84. The summed E-state index contributed by atoms with van der Waals surface area (Å²) in [4.78, 5) is 2.28. The predicted molar refractivity (Wildman–Crippen MR) is 85.2 cm³/mol. The van der Waals surface area contributed by atoms with E-state index in [2.05, 4.69) is 10.2 Å². The van der Waals surface area contributed by atoms with Crippen LogP contribution >= 0.6 is 12.4 Å². The molecular formula is C16H20ClFN2O2. The van der Waals surface area contributed by atoms with Crippen LogP contribution in [0.1, 0.15) is 17.4 Å². The van der Waals surface area contributed by atoms with Crippen molar-refractivity contribution in [3.8, 4) is 5.75 Å². The van der Waals surface area contributed by atoms with Gasteiger partial charge in [0.1, 0.15) is 5.76 Å². The molecule has 0 saturated carbocycles. The Labute approximate surface area is 135 Å². The van der Waals surface area contributed by atoms with Crippen molar-refractivity contribution >= 4 is 12.4 Å². The van der Waals surface area contributed by atoms with E-state index >= 15 is 0 Å². The summed E-state index contributed by atoms with van der Waals surface area (Å²) in [6.45, 7) is 3.58. The first-order valence-electron chi connectivity index (χ1n) is 7.12. The molecule has 1 aromatic carbocycles. The number of methoxy groups -OCH3 is 1. The Bertz CT molecular complexity index is 586. The maximum atomic E-state index is 14.0. The minimum atomic E-state index is -0.346. The molecule has 22 heavy (non-hydrogen) atoms. The van der Waals surface area contributed by atoms with Gasteiger partial charge in [-0.05, 0) is 18.2 Å². The van der Waals surface area contributed by atoms with Gasteiger partial charge in [-0.1, -0.05) is 12.1 Å². The van der Waals surface area contributed by atoms with E-state index in [1.54, 1.807) is 12.3 Å². The molecule has 1 aliphatic heterocycles. The molecule has 2 heterocycles. The quantitative estimate of drug-likeness (QED) is 0.937. The number of ether oxygens (including phenoxy) is 1. The number of nitrogens with zero attached hydrogens (tertiary/aromatic N) is 1. The molecule has 1 saturated heterocycles. The molecule has 0 bridgehead atoms. The molecule has 0 radical (unpaired) electrons. The molecule has 0 aliphatic carbocycles. The van der Waals surface area contributed by atoms with Crippen molar-refractivity contribution in [2.24, 2.45) is 0 Å². The highest BCUT2D eigenvalue weighted by Gasteiger charge is 2.29. The van der Waals surface area contributed by atoms with Crippen LogP contribution in [0.15, 0.2) is 41.0 Å². The second-order valence-electron chi connectivity index (χ2n) is 5.07. The van der Waals surface area contributed by atoms with E-state index in [1.807, 2.05) is 18.2 Å². The van der Waals surface area contributed by atoms with Gasteiger partial charge in [0, 0.05) is 31.7 Å². The van der Waals surface area contributed by atoms with Crippen LogP contribution in [0.3, 0.4) is 0 Å². The monoisotopic (exact) mass is 326 g/mol. The summed E-state index contributed by atoms with van der Waals surface area (Å²) in [6.07, 6.45) is 1.65. The minimum Gasteiger partial charge on any atom is -0.493 e. The maximum Gasteiger partial charge on any atom is 0.165 e. The van der Waals surface area contributed by atoms with E-state index in [-0.39, 0.29) is 30.0 Å². The molecule has 0 unspecified atom stereocenters. The first-order chi connectivity index (χ1) is 10.3. The van der Waals surface area contributed by atoms with Gasteiger partial charge in [-0.25, -0.2) is 4.39 Å². The first kappa shape index (κ1) is 16.8. The minimum absolute atomic E-state index is 0. The number of hydrogen-bond acceptors (Lipinski definition) is 4. The van der Waals surface area contributed by atoms with Crippen LogP contribution in [-0.2, 0) is 0 Å². The number of para-hydroxylation sites is 1. The first-order valence-corrected chi connectivity index (χ1v) is 7.12. The van der Waals surface area contributed by atoms with Gasteiger partial charge in [-0.2, -0.15) is 0 Å². The van der Waals surface area contributed by atoms with E-state index in [0.29, 0.717) is 0 Å². The summed E-state index contributed by atoms with van der Waals surface area (Å²) in [5.74, 6) is 0.750. The molecule has 1 aromatic heterocycles. The third kappa shape index (κ3) is 3.27. The van der Waals surface area contributed by atoms with Gasteiger partial charge in [0.25, 0.3) is 0 Å². The molecule has 0 amide bonds. The third-order valence-electron chi connectivity index (χ3n) is 3.83. The number of piperazine rings is 1. The van der Waals surface area contributed by atoms with Crippen molar-refractivity contribution in [3.63, 3.8) is 0 Å². The van der Waals surface area contributed by atoms with Crippen LogP contribution < -0.4 is 10.1 Å². The molecule has 2 aromatic rings. The van der Waals surface area contributed by atoms with Crippen LogP contribution in [0, 0.1) is 5.82 Å². The highest BCUT2D eigenvalue weighted by Crippen LogP contribution is 2.36. The van der Waals surface area contributed by atoms with Crippen LogP contribution in [0.5, 0.6) is 5.75 Å². The third-order valence-corrected chi connectivity index (χ3v) is 3.83. The average molecular weight is 327 g/mol. The number of furan rings is 1. The lowest BCUT2D eigenvalue weighted by atomic mass is 10.0. The second kappa shape index (κ2) is 7.63. The fourth-order valence-corrected chi connectivity index (χ4v) is 2.87. The van der Waals surface area contributed by atoms with E-state index < -0.39 is 0 Å². The number of benzene rings is 1. The maximum absolute atomic E-state index is 14.0. The lowest BCUT2D eigenvalue weighted by molar-refractivity contribution is 0.176. The number of hydrogen-bond donors (Lipinski definition) is 1. The standard InChI is InChI=1S/C16H19FN2O2.ClH/c1-20-16-12(4-2-5-13(16)17)15(14-6-3-11-21-14)19-9-7-18-8-10-19;/h2-6,11,15,18H,7-10H2,1H3;1H/t15-;/m1./s1. The van der Waals surface area contributed by atoms with Crippen molar-refractivity contribution in [3.05, 3.63) is 53.7 Å². The van der Waals surface area contributed by atoms with Gasteiger partial charge in [-0.15, -0.1) is 12.4 Å². The molecule has 0 spiro atoms. The van der Waals surface area contributed by atoms with Crippen molar-refractivity contribution in [2.45, 2.75) is 6.04 Å². The highest BCUT2D eigenvalue weighted by atomic mass is 35.5. The zero-order valence-electron chi connectivity index (χ0n) is 12.4. The molecule has 3 rings (SSSR count). The number of halogens is 2. The molecule has 6 heteroatoms. The highest BCUT2D eigenvalue weighted by molar-refractivity contribution is 5.85. The molecular weight excluding hydrogens is 307 g/mol. The Hall–Kier alpha value is -1.56. The van der Waals surface area contributed by atoms with Gasteiger partial charge in [0.05, 0.1) is 19.4 Å². The lowest BCUT2D eigenvalue weighted by Gasteiger charge is -2.34. The van der Waals surface area contributed by atoms with E-state index in [4.69, 9.17) is 9.15 Å². The zero-order chi connectivity index (χ0) is 14.7. The van der Waals surface area contributed by atoms with E-state index in [9.17, 15) is 4.39 Å². The van der Waals surface area contributed by atoms with E-state index in [1.165, 1.54) is 13.2 Å². The van der Waals surface area contributed by atoms with Crippen molar-refractivity contribution < 1.29 is 13.5 Å². The summed E-state index contributed by atoms with van der Waals surface area (Å²) < 4.78 is 24.9. The second-order valence-corrected chi connectivity index (χ2v) is 5.07. The van der Waals surface area contributed by atoms with Crippen LogP contribution in [0.25, 0.3) is 0 Å². The summed E-state index contributed by atoms with van der Waals surface area (Å²) in [5.41, 5.74) is 0.800. The Morgan fingerprint density at radius 1 is 1.23 bits per heavy atom. The van der Waals surface area contributed by atoms with Gasteiger partial charge in [0.15, 0.2) is 11.6 Å². The van der Waals surface area contributed by atoms with Gasteiger partial charge < -0.3 is 14.5 Å². The molecule has 1 aliphatic rings. The fraction of sp³-hybridized carbons (Fsp3) is 0.375. The normalized spacial score (nSPS) is 16.8. The zero-order valence-corrected chi connectivity index (χ0v) is 13.2. The number of rotatable bonds is 4. The van der Waals surface area contributed by atoms with Crippen LogP contribution in [0.4, 0.5) is 4.39 Å². The van der Waals surface area contributed by atoms with E-state index in [0.717, 1.165) is 37.5 Å². The molecule has 1 atom stereocenters. The molecule has 4 nitrogen and oxygen atoms in total. The smallest absolute Gasteiger partial charge is 0.165 e. The van der Waals surface area contributed by atoms with Gasteiger partial charge in [-0.3, -0.25) is 4.90 Å². The lowest BCUT2D eigenvalue weighted by Crippen LogP contribution is -2.45. The Morgan fingerprint density at radius 2 is 2.00 bits per heavy atom.